The van der Waals surface area contributed by atoms with Crippen LogP contribution in [0.15, 0.2) is 18.5 Å². The first-order valence-electron chi connectivity index (χ1n) is 4.55. The van der Waals surface area contributed by atoms with Crippen molar-refractivity contribution in [1.29, 1.82) is 0 Å². The van der Waals surface area contributed by atoms with Crippen molar-refractivity contribution in [1.82, 2.24) is 19.6 Å². The van der Waals surface area contributed by atoms with Gasteiger partial charge in [-0.1, -0.05) is 0 Å². The van der Waals surface area contributed by atoms with Crippen LogP contribution in [0, 0.1) is 0 Å². The molecule has 6 nitrogen and oxygen atoms in total. The first-order valence-corrected chi connectivity index (χ1v) is 4.55. The lowest BCUT2D eigenvalue weighted by molar-refractivity contribution is 0.282. The van der Waals surface area contributed by atoms with Gasteiger partial charge in [0.25, 0.3) is 5.88 Å². The number of aromatic nitrogens is 4. The van der Waals surface area contributed by atoms with E-state index in [1.54, 1.807) is 28.8 Å². The highest BCUT2D eigenvalue weighted by molar-refractivity contribution is 5.85. The molecule has 2 rings (SSSR count). The lowest BCUT2D eigenvalue weighted by Gasteiger charge is -2.03. The molecule has 0 saturated heterocycles. The maximum atomic E-state index is 5.69. The zero-order chi connectivity index (χ0) is 10.8. The number of aryl methyl sites for hydroxylation is 2. The second kappa shape index (κ2) is 4.89. The Morgan fingerprint density at radius 1 is 1.44 bits per heavy atom. The van der Waals surface area contributed by atoms with Crippen molar-refractivity contribution < 1.29 is 4.74 Å². The van der Waals surface area contributed by atoms with Crippen LogP contribution in [0.4, 0.5) is 5.69 Å². The number of rotatable bonds is 3. The molecule has 7 heteroatoms. The van der Waals surface area contributed by atoms with Gasteiger partial charge in [0, 0.05) is 20.3 Å². The Morgan fingerprint density at radius 2 is 2.19 bits per heavy atom. The number of ether oxygens (including phenoxy) is 1. The van der Waals surface area contributed by atoms with Crippen LogP contribution in [0.5, 0.6) is 5.88 Å². The summed E-state index contributed by atoms with van der Waals surface area (Å²) < 4.78 is 8.83. The summed E-state index contributed by atoms with van der Waals surface area (Å²) in [5, 5.41) is 8.12. The Kier molecular flexibility index (Phi) is 3.78. The topological polar surface area (TPSA) is 70.9 Å². The molecule has 0 unspecified atom stereocenters. The van der Waals surface area contributed by atoms with Gasteiger partial charge in [-0.05, 0) is 6.07 Å². The van der Waals surface area contributed by atoms with Crippen LogP contribution >= 0.6 is 12.4 Å². The van der Waals surface area contributed by atoms with Crippen molar-refractivity contribution in [2.24, 2.45) is 14.1 Å². The van der Waals surface area contributed by atoms with Crippen molar-refractivity contribution in [3.63, 3.8) is 0 Å². The molecule has 2 heterocycles. The number of hydrogen-bond acceptors (Lipinski definition) is 4. The third kappa shape index (κ3) is 2.46. The molecular weight excluding hydrogens is 230 g/mol. The van der Waals surface area contributed by atoms with Gasteiger partial charge in [0.1, 0.15) is 12.3 Å². The quantitative estimate of drug-likeness (QED) is 0.863. The third-order valence-electron chi connectivity index (χ3n) is 2.10. The first kappa shape index (κ1) is 12.4. The predicted molar refractivity (Wildman–Crippen MR) is 62.4 cm³/mol. The Labute approximate surface area is 99.4 Å². The zero-order valence-electron chi connectivity index (χ0n) is 9.12. The number of nitrogen functional groups attached to an aromatic ring is 1. The molecule has 0 saturated carbocycles. The molecule has 16 heavy (non-hydrogen) atoms. The highest BCUT2D eigenvalue weighted by Gasteiger charge is 2.06. The van der Waals surface area contributed by atoms with E-state index in [2.05, 4.69) is 10.2 Å². The number of halogens is 1. The second-order valence-electron chi connectivity index (χ2n) is 3.30. The van der Waals surface area contributed by atoms with E-state index in [0.717, 1.165) is 5.69 Å². The van der Waals surface area contributed by atoms with Crippen LogP contribution < -0.4 is 10.5 Å². The molecule has 2 N–H and O–H groups in total. The largest absolute Gasteiger partial charge is 0.469 e. The van der Waals surface area contributed by atoms with Crippen LogP contribution in [-0.2, 0) is 20.7 Å². The van der Waals surface area contributed by atoms with Crippen molar-refractivity contribution in [3.05, 3.63) is 24.2 Å². The fraction of sp³-hybridized carbons (Fsp3) is 0.333. The molecule has 0 atom stereocenters. The number of anilines is 1. The summed E-state index contributed by atoms with van der Waals surface area (Å²) in [4.78, 5) is 0. The van der Waals surface area contributed by atoms with E-state index in [1.165, 1.54) is 0 Å². The highest BCUT2D eigenvalue weighted by Crippen LogP contribution is 2.18. The normalized spacial score (nSPS) is 9.88. The van der Waals surface area contributed by atoms with Gasteiger partial charge in [0.15, 0.2) is 0 Å². The predicted octanol–water partition coefficient (Wildman–Crippen LogP) is 0.737. The van der Waals surface area contributed by atoms with Gasteiger partial charge in [-0.2, -0.15) is 5.10 Å². The lowest BCUT2D eigenvalue weighted by atomic mass is 10.4. The Hall–Kier alpha value is -1.69. The Balaban J connectivity index is 0.00000128. The molecule has 0 aliphatic carbocycles. The molecule has 0 aliphatic heterocycles. The minimum atomic E-state index is 0. The van der Waals surface area contributed by atoms with Crippen LogP contribution in [0.25, 0.3) is 0 Å². The lowest BCUT2D eigenvalue weighted by Crippen LogP contribution is -2.04. The molecule has 88 valence electrons. The summed E-state index contributed by atoms with van der Waals surface area (Å²) in [7, 11) is 3.66. The Bertz CT molecular complexity index is 464. The van der Waals surface area contributed by atoms with Gasteiger partial charge in [0.05, 0.1) is 11.9 Å². The molecule has 2 aromatic rings. The van der Waals surface area contributed by atoms with Crippen LogP contribution in [0.1, 0.15) is 5.69 Å². The molecule has 0 aromatic carbocycles. The van der Waals surface area contributed by atoms with E-state index >= 15 is 0 Å². The molecular formula is C9H14ClN5O. The standard InChI is InChI=1S/C9H13N5O.ClH/c1-13-5-8(10)9(12-13)15-6-7-3-4-11-14(7)2;/h3-5H,6,10H2,1-2H3;1H. The van der Waals surface area contributed by atoms with Gasteiger partial charge in [0.2, 0.25) is 0 Å². The van der Waals surface area contributed by atoms with Crippen molar-refractivity contribution in [3.8, 4) is 5.88 Å². The SMILES string of the molecule is Cl.Cn1cc(N)c(OCc2ccnn2C)n1. The van der Waals surface area contributed by atoms with E-state index in [0.29, 0.717) is 18.2 Å². The highest BCUT2D eigenvalue weighted by atomic mass is 35.5. The van der Waals surface area contributed by atoms with Crippen molar-refractivity contribution >= 4 is 18.1 Å². The Morgan fingerprint density at radius 3 is 2.69 bits per heavy atom. The maximum absolute atomic E-state index is 5.69. The van der Waals surface area contributed by atoms with Gasteiger partial charge in [-0.3, -0.25) is 9.36 Å². The summed E-state index contributed by atoms with van der Waals surface area (Å²) >= 11 is 0. The summed E-state index contributed by atoms with van der Waals surface area (Å²) in [5.41, 5.74) is 7.20. The maximum Gasteiger partial charge on any atom is 0.256 e. The van der Waals surface area contributed by atoms with Gasteiger partial charge < -0.3 is 10.5 Å². The number of hydrogen-bond donors (Lipinski definition) is 1. The van der Waals surface area contributed by atoms with E-state index in [1.807, 2.05) is 13.1 Å². The van der Waals surface area contributed by atoms with Gasteiger partial charge in [-0.25, -0.2) is 0 Å². The molecule has 0 radical (unpaired) electrons. The fourth-order valence-electron chi connectivity index (χ4n) is 1.28. The van der Waals surface area contributed by atoms with Crippen LogP contribution in [0.3, 0.4) is 0 Å². The molecule has 0 spiro atoms. The summed E-state index contributed by atoms with van der Waals surface area (Å²) in [6.45, 7) is 0.414. The smallest absolute Gasteiger partial charge is 0.256 e. The molecule has 0 aliphatic rings. The van der Waals surface area contributed by atoms with Crippen LogP contribution in [0.2, 0.25) is 0 Å². The average molecular weight is 244 g/mol. The van der Waals surface area contributed by atoms with Crippen LogP contribution in [-0.4, -0.2) is 19.6 Å². The van der Waals surface area contributed by atoms with Gasteiger partial charge in [-0.15, -0.1) is 17.5 Å². The van der Waals surface area contributed by atoms with Crippen molar-refractivity contribution in [2.75, 3.05) is 5.73 Å². The summed E-state index contributed by atoms with van der Waals surface area (Å²) in [5.74, 6) is 0.457. The summed E-state index contributed by atoms with van der Waals surface area (Å²) in [6, 6.07) is 1.89. The fourth-order valence-corrected chi connectivity index (χ4v) is 1.28. The minimum Gasteiger partial charge on any atom is -0.469 e. The summed E-state index contributed by atoms with van der Waals surface area (Å²) in [6.07, 6.45) is 3.43. The molecule has 0 bridgehead atoms. The minimum absolute atomic E-state index is 0. The molecule has 2 aromatic heterocycles. The number of nitrogens with two attached hydrogens (primary N) is 1. The number of nitrogens with zero attached hydrogens (tertiary/aromatic N) is 4. The van der Waals surface area contributed by atoms with E-state index in [4.69, 9.17) is 10.5 Å². The molecule has 0 fully saturated rings. The monoisotopic (exact) mass is 243 g/mol. The first-order chi connectivity index (χ1) is 7.16. The average Bonchev–Trinajstić information content (AvgIpc) is 2.70. The van der Waals surface area contributed by atoms with Crippen molar-refractivity contribution in [2.45, 2.75) is 6.61 Å². The van der Waals surface area contributed by atoms with Gasteiger partial charge >= 0.3 is 0 Å². The van der Waals surface area contributed by atoms with E-state index in [9.17, 15) is 0 Å². The van der Waals surface area contributed by atoms with E-state index in [-0.39, 0.29) is 12.4 Å². The zero-order valence-corrected chi connectivity index (χ0v) is 9.94. The third-order valence-corrected chi connectivity index (χ3v) is 2.10. The van der Waals surface area contributed by atoms with E-state index < -0.39 is 0 Å². The second-order valence-corrected chi connectivity index (χ2v) is 3.30. The molecule has 0 amide bonds.